The first-order valence-electron chi connectivity index (χ1n) is 9.90. The van der Waals surface area contributed by atoms with Crippen LogP contribution in [0.3, 0.4) is 0 Å². The van der Waals surface area contributed by atoms with Crippen LogP contribution in [0.5, 0.6) is 5.75 Å². The van der Waals surface area contributed by atoms with Gasteiger partial charge < -0.3 is 9.64 Å². The molecule has 134 valence electrons. The Bertz CT molecular complexity index is 657. The highest BCUT2D eigenvalue weighted by atomic mass is 16.5. The lowest BCUT2D eigenvalue weighted by Gasteiger charge is -2.43. The van der Waals surface area contributed by atoms with Gasteiger partial charge in [-0.15, -0.1) is 0 Å². The Morgan fingerprint density at radius 3 is 2.52 bits per heavy atom. The molecule has 3 nitrogen and oxygen atoms in total. The van der Waals surface area contributed by atoms with Crippen molar-refractivity contribution in [2.75, 3.05) is 13.7 Å². The lowest BCUT2D eigenvalue weighted by Crippen LogP contribution is -2.50. The maximum Gasteiger partial charge on any atom is 0.226 e. The van der Waals surface area contributed by atoms with Crippen LogP contribution in [0.4, 0.5) is 0 Å². The standard InChI is InChI=1S/C22H29NO2/c1-25-19-11-9-16(10-12-19)15-21-20-8-3-2-5-17(20)13-14-23(21)22(24)18-6-4-7-18/h9-12,18,21H,2-8,13-15H2,1H3. The monoisotopic (exact) mass is 339 g/mol. The number of hydrogen-bond donors (Lipinski definition) is 0. The summed E-state index contributed by atoms with van der Waals surface area (Å²) in [4.78, 5) is 15.3. The second-order valence-corrected chi connectivity index (χ2v) is 7.81. The summed E-state index contributed by atoms with van der Waals surface area (Å²) in [7, 11) is 1.70. The first kappa shape index (κ1) is 16.7. The highest BCUT2D eigenvalue weighted by Crippen LogP contribution is 2.38. The SMILES string of the molecule is COc1ccc(CC2C3=C(CCCC3)CCN2C(=O)C2CCC2)cc1. The van der Waals surface area contributed by atoms with Crippen molar-refractivity contribution in [3.8, 4) is 5.75 Å². The van der Waals surface area contributed by atoms with Gasteiger partial charge in [-0.05, 0) is 74.6 Å². The van der Waals surface area contributed by atoms with Gasteiger partial charge in [-0.25, -0.2) is 0 Å². The minimum Gasteiger partial charge on any atom is -0.497 e. The van der Waals surface area contributed by atoms with Crippen molar-refractivity contribution in [1.82, 2.24) is 4.90 Å². The smallest absolute Gasteiger partial charge is 0.226 e. The quantitative estimate of drug-likeness (QED) is 0.755. The number of hydrogen-bond acceptors (Lipinski definition) is 2. The lowest BCUT2D eigenvalue weighted by molar-refractivity contribution is -0.140. The van der Waals surface area contributed by atoms with Crippen LogP contribution in [0.2, 0.25) is 0 Å². The number of benzene rings is 1. The summed E-state index contributed by atoms with van der Waals surface area (Å²) in [6, 6.07) is 8.66. The number of carbonyl (C=O) groups excluding carboxylic acids is 1. The van der Waals surface area contributed by atoms with Crippen molar-refractivity contribution < 1.29 is 9.53 Å². The molecule has 1 fully saturated rings. The molecule has 25 heavy (non-hydrogen) atoms. The number of amides is 1. The highest BCUT2D eigenvalue weighted by Gasteiger charge is 2.37. The first-order valence-corrected chi connectivity index (χ1v) is 9.90. The van der Waals surface area contributed by atoms with Crippen LogP contribution in [0, 0.1) is 5.92 Å². The van der Waals surface area contributed by atoms with E-state index in [4.69, 9.17) is 4.74 Å². The van der Waals surface area contributed by atoms with Gasteiger partial charge in [0, 0.05) is 12.5 Å². The third-order valence-electron chi connectivity index (χ3n) is 6.39. The Kier molecular flexibility index (Phi) is 4.82. The molecule has 1 aromatic carbocycles. The minimum atomic E-state index is 0.283. The van der Waals surface area contributed by atoms with Gasteiger partial charge in [0.2, 0.25) is 5.91 Å². The van der Waals surface area contributed by atoms with E-state index in [2.05, 4.69) is 17.0 Å². The molecule has 0 bridgehead atoms. The van der Waals surface area contributed by atoms with Crippen molar-refractivity contribution in [2.45, 2.75) is 63.8 Å². The zero-order valence-electron chi connectivity index (χ0n) is 15.3. The summed E-state index contributed by atoms with van der Waals surface area (Å²) in [5.41, 5.74) is 4.54. The Balaban J connectivity index is 1.60. The Labute approximate surface area is 151 Å². The maximum atomic E-state index is 13.0. The molecular weight excluding hydrogens is 310 g/mol. The number of methoxy groups -OCH3 is 1. The fourth-order valence-electron chi connectivity index (χ4n) is 4.65. The summed E-state index contributed by atoms with van der Waals surface area (Å²) < 4.78 is 5.28. The number of carbonyl (C=O) groups is 1. The Hall–Kier alpha value is -1.77. The van der Waals surface area contributed by atoms with Gasteiger partial charge >= 0.3 is 0 Å². The van der Waals surface area contributed by atoms with Gasteiger partial charge in [0.1, 0.15) is 5.75 Å². The zero-order valence-corrected chi connectivity index (χ0v) is 15.3. The summed E-state index contributed by atoms with van der Waals surface area (Å²) in [6.45, 7) is 0.926. The van der Waals surface area contributed by atoms with E-state index in [0.717, 1.165) is 38.0 Å². The van der Waals surface area contributed by atoms with Gasteiger partial charge in [0.15, 0.2) is 0 Å². The first-order chi connectivity index (χ1) is 12.3. The lowest BCUT2D eigenvalue weighted by atomic mass is 9.78. The van der Waals surface area contributed by atoms with Gasteiger partial charge in [-0.2, -0.15) is 0 Å². The van der Waals surface area contributed by atoms with Crippen molar-refractivity contribution in [3.63, 3.8) is 0 Å². The van der Waals surface area contributed by atoms with Gasteiger partial charge in [0.25, 0.3) is 0 Å². The second kappa shape index (κ2) is 7.23. The molecule has 1 aliphatic heterocycles. The summed E-state index contributed by atoms with van der Waals surface area (Å²) in [5.74, 6) is 1.61. The van der Waals surface area contributed by atoms with E-state index < -0.39 is 0 Å². The van der Waals surface area contributed by atoms with Gasteiger partial charge in [-0.1, -0.05) is 24.1 Å². The molecule has 0 N–H and O–H groups in total. The van der Waals surface area contributed by atoms with Crippen molar-refractivity contribution in [1.29, 1.82) is 0 Å². The van der Waals surface area contributed by atoms with Crippen molar-refractivity contribution in [2.24, 2.45) is 5.92 Å². The third-order valence-corrected chi connectivity index (χ3v) is 6.39. The van der Waals surface area contributed by atoms with Crippen LogP contribution in [0.15, 0.2) is 35.4 Å². The molecule has 3 aliphatic rings. The third kappa shape index (κ3) is 3.33. The van der Waals surface area contributed by atoms with E-state index in [1.54, 1.807) is 18.3 Å². The predicted molar refractivity (Wildman–Crippen MR) is 99.7 cm³/mol. The molecule has 0 spiro atoms. The van der Waals surface area contributed by atoms with Crippen molar-refractivity contribution >= 4 is 5.91 Å². The van der Waals surface area contributed by atoms with Crippen molar-refractivity contribution in [3.05, 3.63) is 41.0 Å². The number of ether oxygens (including phenoxy) is 1. The number of nitrogens with zero attached hydrogens (tertiary/aromatic N) is 1. The molecule has 1 heterocycles. The average molecular weight is 339 g/mol. The highest BCUT2D eigenvalue weighted by molar-refractivity contribution is 5.80. The maximum absolute atomic E-state index is 13.0. The molecule has 0 radical (unpaired) electrons. The van der Waals surface area contributed by atoms with Crippen LogP contribution < -0.4 is 4.74 Å². The molecule has 1 aromatic rings. The van der Waals surface area contributed by atoms with Crippen LogP contribution >= 0.6 is 0 Å². The molecule has 1 atom stereocenters. The van der Waals surface area contributed by atoms with Crippen LogP contribution in [0.1, 0.15) is 56.9 Å². The van der Waals surface area contributed by atoms with Gasteiger partial charge in [-0.3, -0.25) is 4.79 Å². The van der Waals surface area contributed by atoms with E-state index in [0.29, 0.717) is 11.8 Å². The molecule has 1 unspecified atom stereocenters. The Morgan fingerprint density at radius 1 is 1.08 bits per heavy atom. The molecule has 1 saturated carbocycles. The summed E-state index contributed by atoms with van der Waals surface area (Å²) in [6.07, 6.45) is 10.5. The van der Waals surface area contributed by atoms with E-state index in [9.17, 15) is 4.79 Å². The predicted octanol–water partition coefficient (Wildman–Crippen LogP) is 4.51. The van der Waals surface area contributed by atoms with Gasteiger partial charge in [0.05, 0.1) is 13.2 Å². The largest absolute Gasteiger partial charge is 0.497 e. The molecule has 0 saturated heterocycles. The van der Waals surface area contributed by atoms with E-state index in [1.807, 2.05) is 12.1 Å². The fourth-order valence-corrected chi connectivity index (χ4v) is 4.65. The van der Waals surface area contributed by atoms with E-state index in [-0.39, 0.29) is 6.04 Å². The molecule has 3 heteroatoms. The van der Waals surface area contributed by atoms with Crippen LogP contribution in [-0.2, 0) is 11.2 Å². The van der Waals surface area contributed by atoms with Crippen LogP contribution in [0.25, 0.3) is 0 Å². The summed E-state index contributed by atoms with van der Waals surface area (Å²) in [5, 5.41) is 0. The van der Waals surface area contributed by atoms with E-state index in [1.165, 1.54) is 37.7 Å². The zero-order chi connectivity index (χ0) is 17.2. The molecule has 0 aromatic heterocycles. The fraction of sp³-hybridized carbons (Fsp3) is 0.591. The average Bonchev–Trinajstić information content (AvgIpc) is 2.61. The molecule has 2 aliphatic carbocycles. The van der Waals surface area contributed by atoms with Crippen LogP contribution in [-0.4, -0.2) is 30.5 Å². The summed E-state index contributed by atoms with van der Waals surface area (Å²) >= 11 is 0. The Morgan fingerprint density at radius 2 is 1.84 bits per heavy atom. The molecule has 1 amide bonds. The number of rotatable bonds is 4. The van der Waals surface area contributed by atoms with E-state index >= 15 is 0 Å². The second-order valence-electron chi connectivity index (χ2n) is 7.81. The molecule has 4 rings (SSSR count). The normalized spacial score (nSPS) is 23.9. The molecular formula is C22H29NO2. The topological polar surface area (TPSA) is 29.5 Å². The minimum absolute atomic E-state index is 0.283.